The van der Waals surface area contributed by atoms with E-state index in [-0.39, 0.29) is 0 Å². The third-order valence-electron chi connectivity index (χ3n) is 8.38. The summed E-state index contributed by atoms with van der Waals surface area (Å²) in [6.07, 6.45) is 0. The molecular weight excluding hydrogens is 527 g/mol. The number of aromatic nitrogens is 2. The molecule has 1 heterocycles. The lowest BCUT2D eigenvalue weighted by Crippen LogP contribution is -2.49. The van der Waals surface area contributed by atoms with Crippen LogP contribution in [0, 0.1) is 0 Å². The maximum atomic E-state index is 10.6. The maximum absolute atomic E-state index is 10.6. The second-order valence-corrected chi connectivity index (χ2v) is 12.0. The van der Waals surface area contributed by atoms with Crippen molar-refractivity contribution in [3.8, 4) is 45.0 Å². The summed E-state index contributed by atoms with van der Waals surface area (Å²) in [5, 5.41) is 12.8. The lowest BCUT2D eigenvalue weighted by molar-refractivity contribution is -0.0893. The van der Waals surface area contributed by atoms with E-state index in [2.05, 4.69) is 84.9 Å². The van der Waals surface area contributed by atoms with Crippen molar-refractivity contribution in [2.75, 3.05) is 0 Å². The Labute approximate surface area is 254 Å². The molecule has 6 aromatic rings. The molecule has 5 heteroatoms. The first-order chi connectivity index (χ1) is 20.7. The Bertz CT molecular complexity index is 1880. The first-order valence-electron chi connectivity index (χ1n) is 14.7. The first-order valence-corrected chi connectivity index (χ1v) is 14.7. The van der Waals surface area contributed by atoms with Crippen molar-refractivity contribution in [3.63, 3.8) is 0 Å². The number of rotatable bonds is 8. The Morgan fingerprint density at radius 2 is 1.14 bits per heavy atom. The maximum Gasteiger partial charge on any atom is 0.310 e. The normalized spacial score (nSPS) is 11.9. The van der Waals surface area contributed by atoms with E-state index in [1.807, 2.05) is 56.3 Å². The summed E-state index contributed by atoms with van der Waals surface area (Å²) < 4.78 is 6.26. The largest absolute Gasteiger partial charge is 0.427 e. The smallest absolute Gasteiger partial charge is 0.310 e. The van der Waals surface area contributed by atoms with Crippen molar-refractivity contribution in [1.82, 2.24) is 9.97 Å². The van der Waals surface area contributed by atoms with Gasteiger partial charge in [0.1, 0.15) is 0 Å². The summed E-state index contributed by atoms with van der Waals surface area (Å²) in [6.45, 7) is 7.40. The monoisotopic (exact) mass is 562 g/mol. The number of benzene rings is 5. The number of hydrogen-bond donors (Lipinski definition) is 1. The van der Waals surface area contributed by atoms with Gasteiger partial charge in [0.25, 0.3) is 0 Å². The predicted octanol–water partition coefficient (Wildman–Crippen LogP) is 7.84. The van der Waals surface area contributed by atoms with Gasteiger partial charge in [-0.1, -0.05) is 115 Å². The predicted molar refractivity (Wildman–Crippen MR) is 180 cm³/mol. The molecule has 0 spiro atoms. The Morgan fingerprint density at radius 3 is 1.84 bits per heavy atom. The molecule has 0 aliphatic carbocycles. The number of hydrogen-bond acceptors (Lipinski definition) is 4. The van der Waals surface area contributed by atoms with Crippen LogP contribution in [0.15, 0.2) is 127 Å². The van der Waals surface area contributed by atoms with Gasteiger partial charge in [0.15, 0.2) is 5.82 Å². The fraction of sp³-hybridized carbons (Fsp3) is 0.158. The highest BCUT2D eigenvalue weighted by Gasteiger charge is 2.35. The topological polar surface area (TPSA) is 55.2 Å². The van der Waals surface area contributed by atoms with Crippen LogP contribution in [-0.4, -0.2) is 33.8 Å². The van der Waals surface area contributed by atoms with Gasteiger partial charge in [-0.3, -0.25) is 0 Å². The highest BCUT2D eigenvalue weighted by atomic mass is 16.5. The zero-order chi connectivity index (χ0) is 30.0. The van der Waals surface area contributed by atoms with Crippen molar-refractivity contribution >= 4 is 23.7 Å². The van der Waals surface area contributed by atoms with E-state index in [1.54, 1.807) is 13.8 Å². The van der Waals surface area contributed by atoms with Crippen LogP contribution in [0.1, 0.15) is 27.7 Å². The van der Waals surface area contributed by atoms with Crippen LogP contribution in [0.25, 0.3) is 55.8 Å². The fourth-order valence-electron chi connectivity index (χ4n) is 5.08. The summed E-state index contributed by atoms with van der Waals surface area (Å²) in [5.41, 5.74) is 6.42. The van der Waals surface area contributed by atoms with E-state index >= 15 is 0 Å². The molecule has 1 aromatic heterocycles. The molecule has 0 aliphatic heterocycles. The van der Waals surface area contributed by atoms with Gasteiger partial charge in [0, 0.05) is 16.7 Å². The summed E-state index contributed by atoms with van der Waals surface area (Å²) in [7, 11) is 0.383. The van der Waals surface area contributed by atoms with Crippen LogP contribution in [0.4, 0.5) is 0 Å². The molecule has 0 bridgehead atoms. The lowest BCUT2D eigenvalue weighted by Gasteiger charge is -2.37. The van der Waals surface area contributed by atoms with Gasteiger partial charge in [-0.15, -0.1) is 0 Å². The molecule has 212 valence electrons. The SMILES string of the molecule is CC(C)(O)C(C)(C)OBc1ccc(-c2cc(-c3cccc(-c4ccccc4)c3)nc(-c3ccccc3)n2)c2ccccc12. The zero-order valence-electron chi connectivity index (χ0n) is 25.1. The second-order valence-electron chi connectivity index (χ2n) is 12.0. The molecule has 0 saturated heterocycles. The molecule has 0 fully saturated rings. The van der Waals surface area contributed by atoms with Crippen LogP contribution in [0.5, 0.6) is 0 Å². The minimum Gasteiger partial charge on any atom is -0.427 e. The fourth-order valence-corrected chi connectivity index (χ4v) is 5.08. The van der Waals surface area contributed by atoms with Gasteiger partial charge in [0.05, 0.1) is 22.6 Å². The third kappa shape index (κ3) is 6.01. The summed E-state index contributed by atoms with van der Waals surface area (Å²) in [5.74, 6) is 0.682. The summed E-state index contributed by atoms with van der Waals surface area (Å²) >= 11 is 0. The average Bonchev–Trinajstić information content (AvgIpc) is 3.04. The van der Waals surface area contributed by atoms with Crippen molar-refractivity contribution < 1.29 is 9.76 Å². The molecule has 5 aromatic carbocycles. The first kappa shape index (κ1) is 28.5. The minimum atomic E-state index is -0.980. The van der Waals surface area contributed by atoms with Crippen molar-refractivity contribution in [3.05, 3.63) is 127 Å². The lowest BCUT2D eigenvalue weighted by atomic mass is 9.79. The van der Waals surface area contributed by atoms with Gasteiger partial charge in [-0.05, 0) is 67.2 Å². The minimum absolute atomic E-state index is 0.383. The van der Waals surface area contributed by atoms with Gasteiger partial charge in [0.2, 0.25) is 0 Å². The molecule has 0 amide bonds. The second kappa shape index (κ2) is 11.6. The number of nitrogens with zero attached hydrogens (tertiary/aromatic N) is 2. The van der Waals surface area contributed by atoms with Crippen LogP contribution < -0.4 is 5.46 Å². The van der Waals surface area contributed by atoms with E-state index in [9.17, 15) is 5.11 Å². The van der Waals surface area contributed by atoms with Crippen LogP contribution in [-0.2, 0) is 4.65 Å². The Kier molecular flexibility index (Phi) is 7.70. The Morgan fingerprint density at radius 1 is 0.558 bits per heavy atom. The molecule has 6 rings (SSSR count). The summed E-state index contributed by atoms with van der Waals surface area (Å²) in [6, 6.07) is 43.7. The van der Waals surface area contributed by atoms with Crippen molar-refractivity contribution in [2.24, 2.45) is 0 Å². The average molecular weight is 563 g/mol. The molecule has 0 aliphatic rings. The quantitative estimate of drug-likeness (QED) is 0.192. The van der Waals surface area contributed by atoms with Gasteiger partial charge < -0.3 is 9.76 Å². The van der Waals surface area contributed by atoms with Crippen LogP contribution in [0.2, 0.25) is 0 Å². The number of fused-ring (bicyclic) bond motifs is 1. The van der Waals surface area contributed by atoms with Crippen molar-refractivity contribution in [1.29, 1.82) is 0 Å². The Balaban J connectivity index is 1.47. The van der Waals surface area contributed by atoms with E-state index in [4.69, 9.17) is 14.6 Å². The highest BCUT2D eigenvalue weighted by molar-refractivity contribution is 6.51. The molecular formula is C38H35BN2O2. The number of aliphatic hydroxyl groups is 1. The van der Waals surface area contributed by atoms with Crippen LogP contribution >= 0.6 is 0 Å². The van der Waals surface area contributed by atoms with Gasteiger partial charge in [-0.25, -0.2) is 9.97 Å². The van der Waals surface area contributed by atoms with E-state index < -0.39 is 11.2 Å². The van der Waals surface area contributed by atoms with Crippen molar-refractivity contribution in [2.45, 2.75) is 38.9 Å². The van der Waals surface area contributed by atoms with E-state index in [1.165, 1.54) is 5.56 Å². The third-order valence-corrected chi connectivity index (χ3v) is 8.38. The van der Waals surface area contributed by atoms with E-state index in [0.29, 0.717) is 13.3 Å². The molecule has 0 unspecified atom stereocenters. The highest BCUT2D eigenvalue weighted by Crippen LogP contribution is 2.33. The molecule has 0 saturated carbocycles. The standard InChI is InChI=1S/C38H35BN2O2/c1-37(2,42)38(3,4)43-39-33-23-22-32(30-20-11-12-21-31(30)33)35-25-34(40-36(41-35)27-16-9-6-10-17-27)29-19-13-18-28(24-29)26-14-7-5-8-15-26/h5-25,39,42H,1-4H3. The Hall–Kier alpha value is -4.58. The zero-order valence-corrected chi connectivity index (χ0v) is 25.1. The molecule has 0 radical (unpaired) electrons. The molecule has 0 atom stereocenters. The van der Waals surface area contributed by atoms with Gasteiger partial charge in [-0.2, -0.15) is 0 Å². The van der Waals surface area contributed by atoms with E-state index in [0.717, 1.165) is 49.9 Å². The molecule has 1 N–H and O–H groups in total. The molecule has 43 heavy (non-hydrogen) atoms. The van der Waals surface area contributed by atoms with Crippen LogP contribution in [0.3, 0.4) is 0 Å². The van der Waals surface area contributed by atoms with Gasteiger partial charge >= 0.3 is 7.48 Å². The molecule has 4 nitrogen and oxygen atoms in total. The summed E-state index contributed by atoms with van der Waals surface area (Å²) in [4.78, 5) is 10.2.